The van der Waals surface area contributed by atoms with Crippen molar-refractivity contribution in [3.8, 4) is 0 Å². The number of aromatic nitrogens is 2. The van der Waals surface area contributed by atoms with Crippen LogP contribution in [0.25, 0.3) is 0 Å². The number of nitrogens with zero attached hydrogens (tertiary/aromatic N) is 4. The molecule has 2 aliphatic heterocycles. The summed E-state index contributed by atoms with van der Waals surface area (Å²) >= 11 is 0. The van der Waals surface area contributed by atoms with Gasteiger partial charge < -0.3 is 9.64 Å². The zero-order valence-electron chi connectivity index (χ0n) is 11.5. The Morgan fingerprint density at radius 2 is 2.26 bits per heavy atom. The standard InChI is InChI=1S/C13H20N4O2/c1-15-7-8-19-12-4-6-17(9-11(12)15)13(18)10-3-5-14-16(10)2/h3,5,11-12H,4,6-9H2,1-2H3/t11-,12-/m0/s1. The van der Waals surface area contributed by atoms with Crippen molar-refractivity contribution in [2.24, 2.45) is 7.05 Å². The van der Waals surface area contributed by atoms with Crippen LogP contribution in [0.4, 0.5) is 0 Å². The van der Waals surface area contributed by atoms with Crippen molar-refractivity contribution in [1.82, 2.24) is 19.6 Å². The van der Waals surface area contributed by atoms with Crippen LogP contribution in [0.15, 0.2) is 12.3 Å². The number of hydrogen-bond acceptors (Lipinski definition) is 4. The summed E-state index contributed by atoms with van der Waals surface area (Å²) in [6, 6.07) is 2.09. The van der Waals surface area contributed by atoms with Crippen molar-refractivity contribution in [1.29, 1.82) is 0 Å². The van der Waals surface area contributed by atoms with Gasteiger partial charge in [-0.2, -0.15) is 5.10 Å². The van der Waals surface area contributed by atoms with Gasteiger partial charge in [0.25, 0.3) is 5.91 Å². The lowest BCUT2D eigenvalue weighted by Crippen LogP contribution is -2.59. The molecule has 0 radical (unpaired) electrons. The molecule has 2 saturated heterocycles. The number of fused-ring (bicyclic) bond motifs is 1. The predicted octanol–water partition coefficient (Wildman–Crippen LogP) is -0.0348. The highest BCUT2D eigenvalue weighted by atomic mass is 16.5. The van der Waals surface area contributed by atoms with Crippen molar-refractivity contribution in [2.45, 2.75) is 18.6 Å². The molecular formula is C13H20N4O2. The Morgan fingerprint density at radius 3 is 3.00 bits per heavy atom. The van der Waals surface area contributed by atoms with E-state index in [-0.39, 0.29) is 12.0 Å². The van der Waals surface area contributed by atoms with Gasteiger partial charge in [-0.3, -0.25) is 14.4 Å². The molecule has 2 atom stereocenters. The van der Waals surface area contributed by atoms with Gasteiger partial charge in [0.15, 0.2) is 0 Å². The van der Waals surface area contributed by atoms with Crippen LogP contribution in [0.2, 0.25) is 0 Å². The Bertz CT molecular complexity index is 473. The predicted molar refractivity (Wildman–Crippen MR) is 69.9 cm³/mol. The second kappa shape index (κ2) is 4.94. The number of hydrogen-bond donors (Lipinski definition) is 0. The molecule has 104 valence electrons. The molecule has 0 aromatic carbocycles. The minimum absolute atomic E-state index is 0.0671. The van der Waals surface area contributed by atoms with Crippen LogP contribution < -0.4 is 0 Å². The van der Waals surface area contributed by atoms with E-state index in [9.17, 15) is 4.79 Å². The topological polar surface area (TPSA) is 50.6 Å². The lowest BCUT2D eigenvalue weighted by molar-refractivity contribution is -0.0894. The number of likely N-dealkylation sites (tertiary alicyclic amines) is 1. The average molecular weight is 264 g/mol. The van der Waals surface area contributed by atoms with Gasteiger partial charge in [0, 0.05) is 32.9 Å². The van der Waals surface area contributed by atoms with Crippen molar-refractivity contribution in [3.05, 3.63) is 18.0 Å². The molecule has 1 aromatic heterocycles. The van der Waals surface area contributed by atoms with Gasteiger partial charge in [-0.1, -0.05) is 0 Å². The number of amides is 1. The molecule has 6 heteroatoms. The second-order valence-electron chi connectivity index (χ2n) is 5.34. The van der Waals surface area contributed by atoms with E-state index in [4.69, 9.17) is 4.74 Å². The SMILES string of the molecule is CN1CCO[C@H]2CCN(C(=O)c3ccnn3C)C[C@@H]21. The maximum absolute atomic E-state index is 12.5. The Labute approximate surface area is 112 Å². The van der Waals surface area contributed by atoms with Gasteiger partial charge in [0.05, 0.1) is 18.8 Å². The second-order valence-corrected chi connectivity index (χ2v) is 5.34. The van der Waals surface area contributed by atoms with Crippen molar-refractivity contribution < 1.29 is 9.53 Å². The fraction of sp³-hybridized carbons (Fsp3) is 0.692. The number of carbonyl (C=O) groups excluding carboxylic acids is 1. The summed E-state index contributed by atoms with van der Waals surface area (Å²) in [5.41, 5.74) is 0.651. The lowest BCUT2D eigenvalue weighted by Gasteiger charge is -2.45. The molecule has 6 nitrogen and oxygen atoms in total. The largest absolute Gasteiger partial charge is 0.375 e. The quantitative estimate of drug-likeness (QED) is 0.714. The van der Waals surface area contributed by atoms with Crippen molar-refractivity contribution in [2.75, 3.05) is 33.3 Å². The number of ether oxygens (including phenoxy) is 1. The Balaban J connectivity index is 1.73. The van der Waals surface area contributed by atoms with Crippen LogP contribution >= 0.6 is 0 Å². The van der Waals surface area contributed by atoms with Crippen molar-refractivity contribution in [3.63, 3.8) is 0 Å². The highest BCUT2D eigenvalue weighted by Crippen LogP contribution is 2.22. The maximum Gasteiger partial charge on any atom is 0.272 e. The molecule has 3 heterocycles. The highest BCUT2D eigenvalue weighted by Gasteiger charge is 2.37. The molecule has 1 amide bonds. The summed E-state index contributed by atoms with van der Waals surface area (Å²) in [5.74, 6) is 0.0671. The van der Waals surface area contributed by atoms with E-state index >= 15 is 0 Å². The first-order valence-corrected chi connectivity index (χ1v) is 6.76. The zero-order valence-corrected chi connectivity index (χ0v) is 11.5. The van der Waals surface area contributed by atoms with Crippen LogP contribution in [-0.2, 0) is 11.8 Å². The van der Waals surface area contributed by atoms with Crippen LogP contribution in [0, 0.1) is 0 Å². The normalized spacial score (nSPS) is 28.2. The first-order chi connectivity index (χ1) is 9.16. The maximum atomic E-state index is 12.5. The third-order valence-electron chi connectivity index (χ3n) is 4.19. The van der Waals surface area contributed by atoms with Crippen LogP contribution in [-0.4, -0.2) is 70.9 Å². The minimum atomic E-state index is 0.0671. The minimum Gasteiger partial charge on any atom is -0.375 e. The lowest BCUT2D eigenvalue weighted by atomic mass is 9.99. The summed E-state index contributed by atoms with van der Waals surface area (Å²) in [4.78, 5) is 16.7. The summed E-state index contributed by atoms with van der Waals surface area (Å²) < 4.78 is 7.43. The molecule has 3 rings (SSSR count). The van der Waals surface area contributed by atoms with Gasteiger partial charge in [0.2, 0.25) is 0 Å². The van der Waals surface area contributed by atoms with Gasteiger partial charge >= 0.3 is 0 Å². The summed E-state index contributed by atoms with van der Waals surface area (Å²) in [6.45, 7) is 3.24. The smallest absolute Gasteiger partial charge is 0.272 e. The molecule has 0 N–H and O–H groups in total. The first-order valence-electron chi connectivity index (χ1n) is 6.76. The van der Waals surface area contributed by atoms with Gasteiger partial charge in [0.1, 0.15) is 5.69 Å². The van der Waals surface area contributed by atoms with E-state index in [1.807, 2.05) is 4.90 Å². The first kappa shape index (κ1) is 12.6. The Hall–Kier alpha value is -1.40. The molecular weight excluding hydrogens is 244 g/mol. The van der Waals surface area contributed by atoms with Gasteiger partial charge in [-0.25, -0.2) is 0 Å². The van der Waals surface area contributed by atoms with Gasteiger partial charge in [-0.15, -0.1) is 0 Å². The molecule has 1 aromatic rings. The molecule has 0 bridgehead atoms. The molecule has 2 aliphatic rings. The number of likely N-dealkylation sites (N-methyl/N-ethyl adjacent to an activating group) is 1. The monoisotopic (exact) mass is 264 g/mol. The van der Waals surface area contributed by atoms with E-state index in [1.165, 1.54) is 0 Å². The summed E-state index contributed by atoms with van der Waals surface area (Å²) in [7, 11) is 3.91. The molecule has 0 aliphatic carbocycles. The van der Waals surface area contributed by atoms with Gasteiger partial charge in [-0.05, 0) is 19.5 Å². The highest BCUT2D eigenvalue weighted by molar-refractivity contribution is 5.92. The zero-order chi connectivity index (χ0) is 13.4. The van der Waals surface area contributed by atoms with E-state index < -0.39 is 0 Å². The van der Waals surface area contributed by atoms with E-state index in [0.717, 1.165) is 32.7 Å². The number of piperidine rings is 1. The molecule has 0 spiro atoms. The number of aryl methyl sites for hydroxylation is 1. The fourth-order valence-electron chi connectivity index (χ4n) is 2.97. The van der Waals surface area contributed by atoms with Crippen molar-refractivity contribution >= 4 is 5.91 Å². The summed E-state index contributed by atoms with van der Waals surface area (Å²) in [5, 5.41) is 4.06. The molecule has 19 heavy (non-hydrogen) atoms. The van der Waals surface area contributed by atoms with E-state index in [0.29, 0.717) is 11.7 Å². The third-order valence-corrected chi connectivity index (χ3v) is 4.19. The molecule has 2 fully saturated rings. The third kappa shape index (κ3) is 2.26. The average Bonchev–Trinajstić information content (AvgIpc) is 2.84. The van der Waals surface area contributed by atoms with Crippen LogP contribution in [0.1, 0.15) is 16.9 Å². The van der Waals surface area contributed by atoms with Crippen LogP contribution in [0.5, 0.6) is 0 Å². The number of carbonyl (C=O) groups is 1. The van der Waals surface area contributed by atoms with Crippen LogP contribution in [0.3, 0.4) is 0 Å². The van der Waals surface area contributed by atoms with E-state index in [1.54, 1.807) is 24.0 Å². The Kier molecular flexibility index (Phi) is 3.28. The number of rotatable bonds is 1. The Morgan fingerprint density at radius 1 is 1.42 bits per heavy atom. The fourth-order valence-corrected chi connectivity index (χ4v) is 2.97. The number of morpholine rings is 1. The summed E-state index contributed by atoms with van der Waals surface area (Å²) in [6.07, 6.45) is 2.85. The molecule has 0 saturated carbocycles. The molecule has 0 unspecified atom stereocenters. The van der Waals surface area contributed by atoms with E-state index in [2.05, 4.69) is 17.0 Å².